The maximum Gasteiger partial charge on any atom is 0.363 e. The average molecular weight is 334 g/mol. The van der Waals surface area contributed by atoms with Gasteiger partial charge in [0.15, 0.2) is 5.70 Å². The summed E-state index contributed by atoms with van der Waals surface area (Å²) in [6.07, 6.45) is 1.72. The lowest BCUT2D eigenvalue weighted by Gasteiger charge is -1.95. The van der Waals surface area contributed by atoms with Crippen molar-refractivity contribution in [1.29, 1.82) is 0 Å². The van der Waals surface area contributed by atoms with Crippen molar-refractivity contribution >= 4 is 45.2 Å². The number of esters is 1. The number of nitrogens with zero attached hydrogens (tertiary/aromatic N) is 1. The predicted molar refractivity (Wildman–Crippen MR) is 79.1 cm³/mol. The number of hydrogen-bond acceptors (Lipinski definition) is 4. The minimum Gasteiger partial charge on any atom is -0.401 e. The van der Waals surface area contributed by atoms with Crippen LogP contribution >= 0.6 is 27.3 Å². The van der Waals surface area contributed by atoms with Crippen LogP contribution in [0.2, 0.25) is 0 Å². The van der Waals surface area contributed by atoms with Gasteiger partial charge in [-0.1, -0.05) is 34.1 Å². The molecule has 2 aromatic rings. The fourth-order valence-corrected chi connectivity index (χ4v) is 2.73. The van der Waals surface area contributed by atoms with Crippen LogP contribution < -0.4 is 0 Å². The van der Waals surface area contributed by atoms with E-state index in [1.807, 2.05) is 41.8 Å². The molecule has 5 heteroatoms. The molecule has 1 aromatic heterocycles. The Kier molecular flexibility index (Phi) is 3.31. The molecule has 0 saturated heterocycles. The zero-order valence-corrected chi connectivity index (χ0v) is 12.1. The summed E-state index contributed by atoms with van der Waals surface area (Å²) in [5, 5.41) is 1.92. The van der Waals surface area contributed by atoms with Crippen molar-refractivity contribution < 1.29 is 9.53 Å². The van der Waals surface area contributed by atoms with Gasteiger partial charge in [-0.05, 0) is 35.2 Å². The van der Waals surface area contributed by atoms with Crippen LogP contribution in [0.5, 0.6) is 0 Å². The zero-order valence-electron chi connectivity index (χ0n) is 9.67. The summed E-state index contributed by atoms with van der Waals surface area (Å²) >= 11 is 4.88. The Morgan fingerprint density at radius 3 is 2.89 bits per heavy atom. The number of cyclic esters (lactones) is 1. The lowest BCUT2D eigenvalue weighted by Crippen LogP contribution is -2.03. The third-order valence-electron chi connectivity index (χ3n) is 2.50. The number of carbonyl (C=O) groups excluding carboxylic acids is 1. The van der Waals surface area contributed by atoms with E-state index >= 15 is 0 Å². The highest BCUT2D eigenvalue weighted by Gasteiger charge is 2.24. The molecule has 1 aliphatic rings. The molecule has 0 amide bonds. The van der Waals surface area contributed by atoms with Gasteiger partial charge in [-0.3, -0.25) is 0 Å². The minimum atomic E-state index is -0.414. The van der Waals surface area contributed by atoms with Crippen LogP contribution in [0.4, 0.5) is 0 Å². The number of carbonyl (C=O) groups is 1. The summed E-state index contributed by atoms with van der Waals surface area (Å²) in [5.74, 6) is -0.0374. The van der Waals surface area contributed by atoms with Crippen LogP contribution in [-0.4, -0.2) is 11.9 Å². The van der Waals surface area contributed by atoms with Crippen LogP contribution in [-0.2, 0) is 9.53 Å². The van der Waals surface area contributed by atoms with Crippen molar-refractivity contribution in [3.63, 3.8) is 0 Å². The average Bonchev–Trinajstić information content (AvgIpc) is 3.00. The van der Waals surface area contributed by atoms with Crippen molar-refractivity contribution in [1.82, 2.24) is 0 Å². The van der Waals surface area contributed by atoms with E-state index in [2.05, 4.69) is 20.9 Å². The lowest BCUT2D eigenvalue weighted by molar-refractivity contribution is -0.129. The standard InChI is InChI=1S/C14H8BrNO2S/c15-10-4-1-3-9(7-10)8-11-14(17)18-13(16-11)12-5-2-6-19-12/h1-8H. The van der Waals surface area contributed by atoms with Crippen molar-refractivity contribution in [2.45, 2.75) is 0 Å². The molecule has 0 N–H and O–H groups in total. The molecule has 0 bridgehead atoms. The maximum absolute atomic E-state index is 11.8. The molecule has 3 nitrogen and oxygen atoms in total. The molecule has 19 heavy (non-hydrogen) atoms. The summed E-state index contributed by atoms with van der Waals surface area (Å²) in [6, 6.07) is 11.4. The normalized spacial score (nSPS) is 16.6. The second kappa shape index (κ2) is 5.11. The number of halogens is 1. The summed E-state index contributed by atoms with van der Waals surface area (Å²) in [7, 11) is 0. The second-order valence-electron chi connectivity index (χ2n) is 3.87. The van der Waals surface area contributed by atoms with Gasteiger partial charge in [0.25, 0.3) is 0 Å². The van der Waals surface area contributed by atoms with Crippen molar-refractivity contribution in [3.8, 4) is 0 Å². The number of aliphatic imine (C=N–C) groups is 1. The summed E-state index contributed by atoms with van der Waals surface area (Å²) in [5.41, 5.74) is 1.22. The number of thiophene rings is 1. The Bertz CT molecular complexity index is 689. The van der Waals surface area contributed by atoms with E-state index in [-0.39, 0.29) is 0 Å². The highest BCUT2D eigenvalue weighted by Crippen LogP contribution is 2.22. The minimum absolute atomic E-state index is 0.321. The Balaban J connectivity index is 1.95. The number of rotatable bonds is 2. The van der Waals surface area contributed by atoms with E-state index in [0.717, 1.165) is 14.9 Å². The van der Waals surface area contributed by atoms with Crippen molar-refractivity contribution in [2.75, 3.05) is 0 Å². The van der Waals surface area contributed by atoms with Gasteiger partial charge in [-0.2, -0.15) is 0 Å². The number of hydrogen-bond donors (Lipinski definition) is 0. The van der Waals surface area contributed by atoms with Crippen LogP contribution in [0.1, 0.15) is 10.4 Å². The largest absolute Gasteiger partial charge is 0.401 e. The molecule has 0 fully saturated rings. The molecule has 0 unspecified atom stereocenters. The monoisotopic (exact) mass is 333 g/mol. The SMILES string of the molecule is O=C1OC(c2cccs2)=NC1=Cc1cccc(Br)c1. The Hall–Kier alpha value is -1.72. The lowest BCUT2D eigenvalue weighted by atomic mass is 10.2. The number of benzene rings is 1. The topological polar surface area (TPSA) is 38.7 Å². The smallest absolute Gasteiger partial charge is 0.363 e. The van der Waals surface area contributed by atoms with Gasteiger partial charge in [0.2, 0.25) is 5.90 Å². The molecular weight excluding hydrogens is 326 g/mol. The fourth-order valence-electron chi connectivity index (χ4n) is 1.67. The Morgan fingerprint density at radius 1 is 1.26 bits per heavy atom. The third-order valence-corrected chi connectivity index (χ3v) is 3.86. The Labute approximate surface area is 122 Å². The molecule has 1 aliphatic heterocycles. The van der Waals surface area contributed by atoms with Crippen LogP contribution in [0, 0.1) is 0 Å². The van der Waals surface area contributed by atoms with Gasteiger partial charge in [0.05, 0.1) is 4.88 Å². The second-order valence-corrected chi connectivity index (χ2v) is 5.73. The van der Waals surface area contributed by atoms with E-state index in [1.165, 1.54) is 11.3 Å². The first-order valence-corrected chi connectivity index (χ1v) is 7.22. The quantitative estimate of drug-likeness (QED) is 0.618. The van der Waals surface area contributed by atoms with E-state index < -0.39 is 5.97 Å². The highest BCUT2D eigenvalue weighted by atomic mass is 79.9. The molecule has 94 valence electrons. The molecule has 2 heterocycles. The fraction of sp³-hybridized carbons (Fsp3) is 0. The van der Waals surface area contributed by atoms with Gasteiger partial charge in [0, 0.05) is 4.47 Å². The summed E-state index contributed by atoms with van der Waals surface area (Å²) in [6.45, 7) is 0. The van der Waals surface area contributed by atoms with E-state index in [4.69, 9.17) is 4.74 Å². The molecule has 3 rings (SSSR count). The maximum atomic E-state index is 11.8. The zero-order chi connectivity index (χ0) is 13.2. The molecule has 0 spiro atoms. The molecule has 0 saturated carbocycles. The van der Waals surface area contributed by atoms with E-state index in [9.17, 15) is 4.79 Å². The van der Waals surface area contributed by atoms with E-state index in [0.29, 0.717) is 11.6 Å². The van der Waals surface area contributed by atoms with Gasteiger partial charge in [-0.25, -0.2) is 9.79 Å². The molecule has 0 atom stereocenters. The first kappa shape index (κ1) is 12.3. The molecule has 1 aromatic carbocycles. The Morgan fingerprint density at radius 2 is 2.16 bits per heavy atom. The molecule has 0 aliphatic carbocycles. The predicted octanol–water partition coefficient (Wildman–Crippen LogP) is 3.86. The summed E-state index contributed by atoms with van der Waals surface area (Å²) in [4.78, 5) is 16.8. The third kappa shape index (κ3) is 2.67. The van der Waals surface area contributed by atoms with Crippen molar-refractivity contribution in [3.05, 3.63) is 62.4 Å². The summed E-state index contributed by atoms with van der Waals surface area (Å²) < 4.78 is 6.12. The molecular formula is C14H8BrNO2S. The van der Waals surface area contributed by atoms with Crippen LogP contribution in [0.25, 0.3) is 6.08 Å². The van der Waals surface area contributed by atoms with E-state index in [1.54, 1.807) is 6.08 Å². The van der Waals surface area contributed by atoms with Gasteiger partial charge in [-0.15, -0.1) is 11.3 Å². The van der Waals surface area contributed by atoms with Gasteiger partial charge >= 0.3 is 5.97 Å². The van der Waals surface area contributed by atoms with Gasteiger partial charge in [0.1, 0.15) is 0 Å². The van der Waals surface area contributed by atoms with Crippen molar-refractivity contribution in [2.24, 2.45) is 4.99 Å². The van der Waals surface area contributed by atoms with Gasteiger partial charge < -0.3 is 4.74 Å². The molecule has 0 radical (unpaired) electrons. The van der Waals surface area contributed by atoms with Crippen LogP contribution in [0.3, 0.4) is 0 Å². The van der Waals surface area contributed by atoms with Crippen LogP contribution in [0.15, 0.2) is 56.9 Å². The first-order chi connectivity index (χ1) is 9.22. The number of ether oxygens (including phenoxy) is 1. The highest BCUT2D eigenvalue weighted by molar-refractivity contribution is 9.10. The first-order valence-electron chi connectivity index (χ1n) is 5.54.